The molecule has 1 unspecified atom stereocenters. The van der Waals surface area contributed by atoms with Gasteiger partial charge in [0.2, 0.25) is 5.91 Å². The molecule has 1 aromatic rings. The van der Waals surface area contributed by atoms with Crippen molar-refractivity contribution in [1.29, 1.82) is 0 Å². The molecule has 0 aliphatic rings. The summed E-state index contributed by atoms with van der Waals surface area (Å²) >= 11 is 0. The maximum Gasteiger partial charge on any atom is 0.328 e. The highest BCUT2D eigenvalue weighted by atomic mass is 16.6. The van der Waals surface area contributed by atoms with E-state index in [0.29, 0.717) is 5.56 Å². The second-order valence-corrected chi connectivity index (χ2v) is 4.39. The van der Waals surface area contributed by atoms with Crippen LogP contribution in [0.4, 0.5) is 5.69 Å². The van der Waals surface area contributed by atoms with Crippen LogP contribution in [0.1, 0.15) is 5.56 Å². The van der Waals surface area contributed by atoms with Gasteiger partial charge in [0, 0.05) is 12.1 Å². The molecule has 1 aromatic carbocycles. The number of ether oxygens (including phenoxy) is 1. The number of nitrogens with one attached hydrogen (secondary N) is 1. The molecule has 22 heavy (non-hydrogen) atoms. The van der Waals surface area contributed by atoms with E-state index in [2.05, 4.69) is 11.9 Å². The summed E-state index contributed by atoms with van der Waals surface area (Å²) in [5.41, 5.74) is 0.289. The van der Waals surface area contributed by atoms with Gasteiger partial charge in [-0.3, -0.25) is 14.9 Å². The molecule has 0 heterocycles. The fraction of sp³-hybridized carbons (Fsp3) is 0.286. The van der Waals surface area contributed by atoms with E-state index in [0.717, 1.165) is 0 Å². The van der Waals surface area contributed by atoms with E-state index in [4.69, 9.17) is 9.84 Å². The Morgan fingerprint density at radius 3 is 2.82 bits per heavy atom. The fourth-order valence-corrected chi connectivity index (χ4v) is 1.65. The van der Waals surface area contributed by atoms with E-state index in [9.17, 15) is 19.7 Å². The van der Waals surface area contributed by atoms with Crippen molar-refractivity contribution in [3.8, 4) is 0 Å². The van der Waals surface area contributed by atoms with Gasteiger partial charge in [-0.25, -0.2) is 4.79 Å². The van der Waals surface area contributed by atoms with Crippen LogP contribution < -0.4 is 5.32 Å². The molecular weight excluding hydrogens is 292 g/mol. The SMILES string of the molecule is C=CCOCC(NC(=O)Cc1cccc([N+](=O)[O-])c1)C(=O)O. The highest BCUT2D eigenvalue weighted by Crippen LogP contribution is 2.13. The third kappa shape index (κ3) is 5.71. The summed E-state index contributed by atoms with van der Waals surface area (Å²) in [6.45, 7) is 3.41. The Kier molecular flexibility index (Phi) is 6.71. The lowest BCUT2D eigenvalue weighted by Gasteiger charge is -2.14. The van der Waals surface area contributed by atoms with E-state index >= 15 is 0 Å². The fourth-order valence-electron chi connectivity index (χ4n) is 1.65. The van der Waals surface area contributed by atoms with Crippen molar-refractivity contribution in [2.24, 2.45) is 0 Å². The number of rotatable bonds is 9. The number of nitro groups is 1. The zero-order chi connectivity index (χ0) is 16.5. The molecule has 0 aliphatic heterocycles. The molecule has 0 aromatic heterocycles. The number of nitro benzene ring substituents is 1. The third-order valence-corrected chi connectivity index (χ3v) is 2.64. The van der Waals surface area contributed by atoms with Gasteiger partial charge in [-0.2, -0.15) is 0 Å². The number of carboxylic acids is 1. The Balaban J connectivity index is 2.63. The number of hydrogen-bond donors (Lipinski definition) is 2. The van der Waals surface area contributed by atoms with Crippen molar-refractivity contribution in [3.63, 3.8) is 0 Å². The molecule has 0 aliphatic carbocycles. The summed E-state index contributed by atoms with van der Waals surface area (Å²) in [4.78, 5) is 32.9. The van der Waals surface area contributed by atoms with Crippen LogP contribution in [0.15, 0.2) is 36.9 Å². The average Bonchev–Trinajstić information content (AvgIpc) is 2.46. The first-order valence-electron chi connectivity index (χ1n) is 6.38. The first kappa shape index (κ1) is 17.3. The lowest BCUT2D eigenvalue weighted by molar-refractivity contribution is -0.384. The quantitative estimate of drug-likeness (QED) is 0.303. The molecule has 2 N–H and O–H groups in total. The second-order valence-electron chi connectivity index (χ2n) is 4.39. The maximum absolute atomic E-state index is 11.8. The summed E-state index contributed by atoms with van der Waals surface area (Å²) in [7, 11) is 0. The number of nitrogens with zero attached hydrogens (tertiary/aromatic N) is 1. The maximum atomic E-state index is 11.8. The number of amides is 1. The Hall–Kier alpha value is -2.74. The Bertz CT molecular complexity index is 572. The van der Waals surface area contributed by atoms with E-state index in [-0.39, 0.29) is 25.3 Å². The van der Waals surface area contributed by atoms with E-state index < -0.39 is 22.8 Å². The molecule has 118 valence electrons. The van der Waals surface area contributed by atoms with Gasteiger partial charge in [-0.1, -0.05) is 18.2 Å². The van der Waals surface area contributed by atoms with Gasteiger partial charge in [-0.05, 0) is 5.56 Å². The van der Waals surface area contributed by atoms with Crippen molar-refractivity contribution in [3.05, 3.63) is 52.6 Å². The van der Waals surface area contributed by atoms with Crippen molar-refractivity contribution in [2.45, 2.75) is 12.5 Å². The number of non-ortho nitro benzene ring substituents is 1. The minimum absolute atomic E-state index is 0.130. The third-order valence-electron chi connectivity index (χ3n) is 2.64. The number of benzene rings is 1. The second kappa shape index (κ2) is 8.53. The first-order chi connectivity index (χ1) is 10.4. The van der Waals surface area contributed by atoms with Crippen LogP contribution in [-0.2, 0) is 20.7 Å². The molecular formula is C14H16N2O6. The predicted molar refractivity (Wildman–Crippen MR) is 77.4 cm³/mol. The molecule has 0 radical (unpaired) electrons. The molecule has 0 fully saturated rings. The minimum atomic E-state index is -1.23. The molecule has 1 atom stereocenters. The molecule has 1 rings (SSSR count). The van der Waals surface area contributed by atoms with Crippen LogP contribution in [0, 0.1) is 10.1 Å². The molecule has 8 heteroatoms. The smallest absolute Gasteiger partial charge is 0.328 e. The number of carboxylic acid groups (broad SMARTS) is 1. The van der Waals surface area contributed by atoms with Gasteiger partial charge in [0.05, 0.1) is 24.6 Å². The number of carbonyl (C=O) groups is 2. The zero-order valence-corrected chi connectivity index (χ0v) is 11.7. The summed E-state index contributed by atoms with van der Waals surface area (Å²) in [5.74, 6) is -1.79. The minimum Gasteiger partial charge on any atom is -0.480 e. The standard InChI is InChI=1S/C14H16N2O6/c1-2-6-22-9-12(14(18)19)15-13(17)8-10-4-3-5-11(7-10)16(20)21/h2-5,7,12H,1,6,8-9H2,(H,15,17)(H,18,19). The Morgan fingerprint density at radius 1 is 1.50 bits per heavy atom. The lowest BCUT2D eigenvalue weighted by atomic mass is 10.1. The molecule has 0 spiro atoms. The number of aliphatic carboxylic acids is 1. The average molecular weight is 308 g/mol. The highest BCUT2D eigenvalue weighted by molar-refractivity contribution is 5.85. The number of carbonyl (C=O) groups excluding carboxylic acids is 1. The first-order valence-corrected chi connectivity index (χ1v) is 6.38. The van der Waals surface area contributed by atoms with Crippen molar-refractivity contribution >= 4 is 17.6 Å². The Labute approximate surface area is 126 Å². The number of hydrogen-bond acceptors (Lipinski definition) is 5. The van der Waals surface area contributed by atoms with Crippen LogP contribution in [0.25, 0.3) is 0 Å². The van der Waals surface area contributed by atoms with Gasteiger partial charge in [0.25, 0.3) is 5.69 Å². The van der Waals surface area contributed by atoms with Crippen molar-refractivity contribution < 1.29 is 24.4 Å². The molecule has 0 saturated heterocycles. The highest BCUT2D eigenvalue weighted by Gasteiger charge is 2.20. The molecule has 0 saturated carbocycles. The monoisotopic (exact) mass is 308 g/mol. The van der Waals surface area contributed by atoms with Crippen molar-refractivity contribution in [2.75, 3.05) is 13.2 Å². The van der Waals surface area contributed by atoms with Crippen LogP contribution in [0.5, 0.6) is 0 Å². The van der Waals surface area contributed by atoms with Gasteiger partial charge < -0.3 is 15.2 Å². The topological polar surface area (TPSA) is 119 Å². The summed E-state index contributed by atoms with van der Waals surface area (Å²) in [5, 5.41) is 22.0. The largest absolute Gasteiger partial charge is 0.480 e. The predicted octanol–water partition coefficient (Wildman–Crippen LogP) is 0.909. The van der Waals surface area contributed by atoms with E-state index in [1.807, 2.05) is 0 Å². The van der Waals surface area contributed by atoms with E-state index in [1.165, 1.54) is 24.3 Å². The zero-order valence-electron chi connectivity index (χ0n) is 11.7. The van der Waals surface area contributed by atoms with E-state index in [1.54, 1.807) is 6.07 Å². The van der Waals surface area contributed by atoms with Crippen molar-refractivity contribution in [1.82, 2.24) is 5.32 Å². The van der Waals surface area contributed by atoms with Crippen LogP contribution >= 0.6 is 0 Å². The van der Waals surface area contributed by atoms with Gasteiger partial charge in [-0.15, -0.1) is 6.58 Å². The Morgan fingerprint density at radius 2 is 2.23 bits per heavy atom. The van der Waals surface area contributed by atoms with Gasteiger partial charge in [0.1, 0.15) is 0 Å². The van der Waals surface area contributed by atoms with Gasteiger partial charge in [0.15, 0.2) is 6.04 Å². The normalized spacial score (nSPS) is 11.5. The van der Waals surface area contributed by atoms with Crippen LogP contribution in [0.2, 0.25) is 0 Å². The summed E-state index contributed by atoms with van der Waals surface area (Å²) in [6, 6.07) is 4.40. The lowest BCUT2D eigenvalue weighted by Crippen LogP contribution is -2.44. The van der Waals surface area contributed by atoms with Gasteiger partial charge >= 0.3 is 5.97 Å². The molecule has 0 bridgehead atoms. The molecule has 8 nitrogen and oxygen atoms in total. The molecule has 1 amide bonds. The van der Waals surface area contributed by atoms with Crippen LogP contribution in [0.3, 0.4) is 0 Å². The summed E-state index contributed by atoms with van der Waals surface area (Å²) in [6.07, 6.45) is 1.30. The van der Waals surface area contributed by atoms with Crippen LogP contribution in [-0.4, -0.2) is 41.2 Å². The summed E-state index contributed by atoms with van der Waals surface area (Å²) < 4.78 is 5.00.